The Morgan fingerprint density at radius 3 is 2.07 bits per heavy atom. The molecule has 1 saturated heterocycles. The van der Waals surface area contributed by atoms with E-state index in [0.29, 0.717) is 31.4 Å². The number of hydrogen-bond acceptors (Lipinski definition) is 11. The molecule has 4 N–H and O–H groups in total. The summed E-state index contributed by atoms with van der Waals surface area (Å²) in [4.78, 5) is 71.2. The van der Waals surface area contributed by atoms with Gasteiger partial charge in [0.05, 0.1) is 61.5 Å². The molecule has 16 nitrogen and oxygen atoms in total. The topological polar surface area (TPSA) is 196 Å². The fourth-order valence-electron chi connectivity index (χ4n) is 7.41. The molecule has 1 aliphatic rings. The number of rotatable bonds is 22. The Kier molecular flexibility index (Phi) is 19.0. The molecule has 0 bridgehead atoms. The minimum absolute atomic E-state index is 0.0344. The van der Waals surface area contributed by atoms with Crippen LogP contribution in [-0.2, 0) is 49.2 Å². The Hall–Kier alpha value is -3.80. The number of ether oxygens (including phenoxy) is 2. The summed E-state index contributed by atoms with van der Waals surface area (Å²) in [6.07, 6.45) is 0.533. The first-order valence-electron chi connectivity index (χ1n) is 18.9. The summed E-state index contributed by atoms with van der Waals surface area (Å²) in [5.74, 6) is -3.41. The maximum Gasteiger partial charge on any atom is 0.252 e. The van der Waals surface area contributed by atoms with E-state index in [1.807, 2.05) is 51.4 Å². The summed E-state index contributed by atoms with van der Waals surface area (Å²) in [5, 5.41) is 8.23. The summed E-state index contributed by atoms with van der Waals surface area (Å²) in [5.41, 5.74) is 1.30. The lowest BCUT2D eigenvalue weighted by Crippen LogP contribution is -2.55. The summed E-state index contributed by atoms with van der Waals surface area (Å²) >= 11 is 0. The Balaban J connectivity index is 2.08. The molecule has 1 aromatic carbocycles. The van der Waals surface area contributed by atoms with Crippen LogP contribution in [0.3, 0.4) is 0 Å². The van der Waals surface area contributed by atoms with Crippen molar-refractivity contribution >= 4 is 45.2 Å². The van der Waals surface area contributed by atoms with Crippen molar-refractivity contribution in [2.75, 3.05) is 67.4 Å². The molecule has 0 aromatic heterocycles. The third-order valence-electron chi connectivity index (χ3n) is 10.5. The molecular weight excluding hydrogens is 731 g/mol. The van der Waals surface area contributed by atoms with Gasteiger partial charge in [0.2, 0.25) is 33.7 Å². The molecule has 1 unspecified atom stereocenters. The zero-order valence-electron chi connectivity index (χ0n) is 34.5. The predicted octanol–water partition coefficient (Wildman–Crippen LogP) is 1.41. The number of amides is 5. The minimum Gasteiger partial charge on any atom is -0.388 e. The number of nitrogens with one attached hydrogen (secondary N) is 4. The number of likely N-dealkylation sites (tertiary alicyclic amines) is 1. The van der Waals surface area contributed by atoms with Gasteiger partial charge in [0.1, 0.15) is 0 Å². The van der Waals surface area contributed by atoms with Crippen LogP contribution < -0.4 is 20.7 Å². The molecule has 17 heteroatoms. The number of methoxy groups -OCH3 is 2. The SMILES string of the molecule is CC[C@H](C)[C@@H]([C@@H](CC(=O)N1CCC[C@H]1[C@H](OC)[C@@H](C)C(=O)NCC(=O)NS(=O)(=O)Cc1ccc(NC)cc1)OC)N(C)C(=O)CNC(=O)C(C(C)C)N(C)C. The van der Waals surface area contributed by atoms with Crippen LogP contribution in [0.1, 0.15) is 65.9 Å². The molecule has 0 aliphatic carbocycles. The van der Waals surface area contributed by atoms with Crippen LogP contribution in [-0.4, -0.2) is 145 Å². The molecule has 0 radical (unpaired) electrons. The van der Waals surface area contributed by atoms with Crippen molar-refractivity contribution in [2.24, 2.45) is 17.8 Å². The average Bonchev–Trinajstić information content (AvgIpc) is 3.61. The molecule has 55 heavy (non-hydrogen) atoms. The highest BCUT2D eigenvalue weighted by molar-refractivity contribution is 7.89. The zero-order chi connectivity index (χ0) is 41.6. The molecule has 5 amide bonds. The van der Waals surface area contributed by atoms with E-state index < -0.39 is 70.4 Å². The van der Waals surface area contributed by atoms with Crippen LogP contribution in [0.15, 0.2) is 24.3 Å². The fraction of sp³-hybridized carbons (Fsp3) is 0.711. The van der Waals surface area contributed by atoms with Gasteiger partial charge in [0, 0.05) is 40.5 Å². The van der Waals surface area contributed by atoms with Crippen LogP contribution in [0, 0.1) is 17.8 Å². The van der Waals surface area contributed by atoms with E-state index in [9.17, 15) is 32.4 Å². The normalized spacial score (nSPS) is 17.8. The first-order chi connectivity index (χ1) is 25.8. The smallest absolute Gasteiger partial charge is 0.252 e. The van der Waals surface area contributed by atoms with Crippen LogP contribution in [0.5, 0.6) is 0 Å². The molecule has 1 fully saturated rings. The summed E-state index contributed by atoms with van der Waals surface area (Å²) in [7, 11) is 5.99. The van der Waals surface area contributed by atoms with E-state index in [4.69, 9.17) is 9.47 Å². The maximum atomic E-state index is 14.0. The van der Waals surface area contributed by atoms with Crippen molar-refractivity contribution in [3.05, 3.63) is 29.8 Å². The van der Waals surface area contributed by atoms with Crippen LogP contribution >= 0.6 is 0 Å². The lowest BCUT2D eigenvalue weighted by atomic mass is 9.90. The van der Waals surface area contributed by atoms with E-state index >= 15 is 0 Å². The highest BCUT2D eigenvalue weighted by Crippen LogP contribution is 2.29. The fourth-order valence-corrected chi connectivity index (χ4v) is 8.53. The summed E-state index contributed by atoms with van der Waals surface area (Å²) in [6.45, 7) is 9.17. The van der Waals surface area contributed by atoms with Gasteiger partial charge in [-0.15, -0.1) is 0 Å². The number of carbonyl (C=O) groups excluding carboxylic acids is 5. The van der Waals surface area contributed by atoms with Crippen LogP contribution in [0.25, 0.3) is 0 Å². The van der Waals surface area contributed by atoms with E-state index in [1.54, 1.807) is 55.1 Å². The number of hydrogen-bond donors (Lipinski definition) is 4. The highest BCUT2D eigenvalue weighted by Gasteiger charge is 2.42. The van der Waals surface area contributed by atoms with Crippen molar-refractivity contribution in [1.29, 1.82) is 0 Å². The maximum absolute atomic E-state index is 14.0. The van der Waals surface area contributed by atoms with Crippen LogP contribution in [0.4, 0.5) is 5.69 Å². The van der Waals surface area contributed by atoms with Gasteiger partial charge in [0.15, 0.2) is 0 Å². The van der Waals surface area contributed by atoms with Gasteiger partial charge in [-0.1, -0.05) is 53.2 Å². The molecule has 1 aliphatic heterocycles. The first-order valence-corrected chi connectivity index (χ1v) is 20.6. The molecule has 7 atom stereocenters. The number of carbonyl (C=O) groups is 5. The quantitative estimate of drug-likeness (QED) is 0.133. The number of sulfonamides is 1. The lowest BCUT2D eigenvalue weighted by molar-refractivity contribution is -0.146. The third kappa shape index (κ3) is 13.7. The monoisotopic (exact) mass is 795 g/mol. The predicted molar refractivity (Wildman–Crippen MR) is 211 cm³/mol. The van der Waals surface area contributed by atoms with E-state index in [1.165, 1.54) is 14.2 Å². The molecule has 1 aromatic rings. The van der Waals surface area contributed by atoms with Crippen LogP contribution in [0.2, 0.25) is 0 Å². The highest BCUT2D eigenvalue weighted by atomic mass is 32.2. The lowest BCUT2D eigenvalue weighted by Gasteiger charge is -2.39. The standard InChI is InChI=1S/C38H65N7O9S/c1-12-25(4)35(44(9)33(48)22-41-38(50)34(24(2)3)43(7)8)30(53-10)20-32(47)45-19-13-14-29(45)36(54-11)26(5)37(49)40-21-31(46)42-55(51,52)23-27-15-17-28(39-6)18-16-27/h15-18,24-26,29-30,34-36,39H,12-14,19-23H2,1-11H3,(H,40,49)(H,41,50)(H,42,46)/t25-,26+,29-,30+,34?,35-,36+/m0/s1. The van der Waals surface area contributed by atoms with Crippen molar-refractivity contribution in [3.8, 4) is 0 Å². The van der Waals surface area contributed by atoms with Gasteiger partial charge >= 0.3 is 0 Å². The second kappa shape index (κ2) is 22.1. The number of likely N-dealkylation sites (N-methyl/N-ethyl adjacent to an activating group) is 2. The Morgan fingerprint density at radius 1 is 0.927 bits per heavy atom. The Morgan fingerprint density at radius 2 is 1.55 bits per heavy atom. The number of anilines is 1. The van der Waals surface area contributed by atoms with E-state index in [2.05, 4.69) is 16.0 Å². The molecular formula is C38H65N7O9S. The van der Waals surface area contributed by atoms with Gasteiger partial charge in [-0.2, -0.15) is 0 Å². The molecule has 0 saturated carbocycles. The summed E-state index contributed by atoms with van der Waals surface area (Å²) < 4.78 is 38.9. The van der Waals surface area contributed by atoms with Crippen molar-refractivity contribution < 1.29 is 41.9 Å². The second-order valence-electron chi connectivity index (χ2n) is 15.0. The third-order valence-corrected chi connectivity index (χ3v) is 11.7. The van der Waals surface area contributed by atoms with Crippen molar-refractivity contribution in [1.82, 2.24) is 30.1 Å². The molecule has 1 heterocycles. The number of nitrogens with zero attached hydrogens (tertiary/aromatic N) is 3. The van der Waals surface area contributed by atoms with Gasteiger partial charge in [-0.05, 0) is 56.5 Å². The van der Waals surface area contributed by atoms with Gasteiger partial charge in [0.25, 0.3) is 5.91 Å². The zero-order valence-corrected chi connectivity index (χ0v) is 35.3. The van der Waals surface area contributed by atoms with E-state index in [-0.39, 0.29) is 42.5 Å². The van der Waals surface area contributed by atoms with Crippen molar-refractivity contribution in [3.63, 3.8) is 0 Å². The van der Waals surface area contributed by atoms with Gasteiger partial charge < -0.3 is 35.2 Å². The Bertz CT molecular complexity index is 1530. The van der Waals surface area contributed by atoms with Gasteiger partial charge in [-0.25, -0.2) is 8.42 Å². The molecule has 0 spiro atoms. The van der Waals surface area contributed by atoms with E-state index in [0.717, 1.165) is 5.69 Å². The van der Waals surface area contributed by atoms with Gasteiger partial charge in [-0.3, -0.25) is 33.6 Å². The average molecular weight is 796 g/mol. The second-order valence-corrected chi connectivity index (χ2v) is 16.7. The Labute approximate surface area is 327 Å². The summed E-state index contributed by atoms with van der Waals surface area (Å²) in [6, 6.07) is 5.39. The number of benzene rings is 1. The largest absolute Gasteiger partial charge is 0.388 e. The molecule has 2 rings (SSSR count). The van der Waals surface area contributed by atoms with Crippen molar-refractivity contribution in [2.45, 2.75) is 96.4 Å². The molecule has 312 valence electrons. The minimum atomic E-state index is -4.01. The first kappa shape index (κ1) is 47.4.